The molecule has 0 heterocycles. The molecule has 0 aliphatic heterocycles. The summed E-state index contributed by atoms with van der Waals surface area (Å²) in [4.78, 5) is 0. The topological polar surface area (TPSA) is 0 Å². The van der Waals surface area contributed by atoms with Gasteiger partial charge >= 0.3 is 0 Å². The summed E-state index contributed by atoms with van der Waals surface area (Å²) in [7, 11) is 0. The zero-order valence-electron chi connectivity index (χ0n) is 16.5. The first-order valence-corrected chi connectivity index (χ1v) is 11.7. The van der Waals surface area contributed by atoms with Gasteiger partial charge in [-0.25, -0.2) is 0 Å². The number of hydrogen-bond acceptors (Lipinski definition) is 1. The van der Waals surface area contributed by atoms with Crippen molar-refractivity contribution in [3.8, 4) is 0 Å². The zero-order valence-corrected chi connectivity index (χ0v) is 17.3. The van der Waals surface area contributed by atoms with Gasteiger partial charge in [0.2, 0.25) is 0 Å². The zero-order chi connectivity index (χ0) is 16.8. The number of rotatable bonds is 12. The fourth-order valence-electron chi connectivity index (χ4n) is 5.20. The van der Waals surface area contributed by atoms with E-state index in [1.165, 1.54) is 89.2 Å². The lowest BCUT2D eigenvalue weighted by molar-refractivity contribution is 0.156. The summed E-state index contributed by atoms with van der Waals surface area (Å²) in [5, 5.41) is 0.954. The second-order valence-corrected chi connectivity index (χ2v) is 10.5. The Morgan fingerprint density at radius 1 is 0.826 bits per heavy atom. The van der Waals surface area contributed by atoms with Crippen LogP contribution in [0.1, 0.15) is 111 Å². The fraction of sp³-hybridized carbons (Fsp3) is 1.00. The Labute approximate surface area is 151 Å². The molecule has 2 bridgehead atoms. The van der Waals surface area contributed by atoms with Gasteiger partial charge in [-0.3, -0.25) is 0 Å². The van der Waals surface area contributed by atoms with Crippen LogP contribution in [0.15, 0.2) is 0 Å². The lowest BCUT2D eigenvalue weighted by atomic mass is 9.71. The standard InChI is InChI=1S/C22H42S/c1-5-6-7-8-9-10-11-12-13-14-17-23-20-18-19-15-16-22(20,4)21(19,2)3/h19-20H,5-18H2,1-4H3. The second kappa shape index (κ2) is 9.16. The monoisotopic (exact) mass is 338 g/mol. The molecular weight excluding hydrogens is 296 g/mol. The Morgan fingerprint density at radius 2 is 1.39 bits per heavy atom. The molecule has 23 heavy (non-hydrogen) atoms. The summed E-state index contributed by atoms with van der Waals surface area (Å²) in [5.41, 5.74) is 1.23. The molecule has 0 aromatic rings. The molecule has 2 aliphatic rings. The molecule has 2 fully saturated rings. The highest BCUT2D eigenvalue weighted by Crippen LogP contribution is 2.68. The Kier molecular flexibility index (Phi) is 7.83. The van der Waals surface area contributed by atoms with Crippen molar-refractivity contribution in [3.05, 3.63) is 0 Å². The summed E-state index contributed by atoms with van der Waals surface area (Å²) < 4.78 is 0. The lowest BCUT2D eigenvalue weighted by Crippen LogP contribution is -2.34. The SMILES string of the molecule is CCCCCCCCCCCCSC1CC2CCC1(C)C2(C)C. The molecule has 0 aromatic heterocycles. The van der Waals surface area contributed by atoms with Crippen molar-refractivity contribution in [3.63, 3.8) is 0 Å². The maximum atomic E-state index is 2.59. The minimum absolute atomic E-state index is 0.600. The van der Waals surface area contributed by atoms with Gasteiger partial charge < -0.3 is 0 Å². The highest BCUT2D eigenvalue weighted by atomic mass is 32.2. The van der Waals surface area contributed by atoms with Crippen LogP contribution in [0.3, 0.4) is 0 Å². The van der Waals surface area contributed by atoms with Crippen LogP contribution in [0.2, 0.25) is 0 Å². The van der Waals surface area contributed by atoms with Gasteiger partial charge in [-0.2, -0.15) is 11.8 Å². The van der Waals surface area contributed by atoms with Crippen LogP contribution in [-0.4, -0.2) is 11.0 Å². The van der Waals surface area contributed by atoms with E-state index >= 15 is 0 Å². The van der Waals surface area contributed by atoms with Gasteiger partial charge in [-0.05, 0) is 48.2 Å². The average molecular weight is 339 g/mol. The van der Waals surface area contributed by atoms with E-state index in [2.05, 4.69) is 39.5 Å². The van der Waals surface area contributed by atoms with Gasteiger partial charge in [0, 0.05) is 5.25 Å². The first-order valence-electron chi connectivity index (χ1n) is 10.6. The van der Waals surface area contributed by atoms with Crippen molar-refractivity contribution in [2.45, 2.75) is 116 Å². The molecular formula is C22H42S. The number of unbranched alkanes of at least 4 members (excludes halogenated alkanes) is 9. The Bertz CT molecular complexity index is 335. The van der Waals surface area contributed by atoms with Gasteiger partial charge in [0.05, 0.1) is 0 Å². The van der Waals surface area contributed by atoms with Crippen LogP contribution < -0.4 is 0 Å². The molecule has 0 saturated heterocycles. The van der Waals surface area contributed by atoms with Crippen LogP contribution in [-0.2, 0) is 0 Å². The predicted octanol–water partition coefficient (Wildman–Crippen LogP) is 7.86. The highest BCUT2D eigenvalue weighted by Gasteiger charge is 2.61. The quantitative estimate of drug-likeness (QED) is 0.326. The van der Waals surface area contributed by atoms with E-state index in [0.29, 0.717) is 10.8 Å². The molecule has 3 atom stereocenters. The van der Waals surface area contributed by atoms with E-state index < -0.39 is 0 Å². The summed E-state index contributed by atoms with van der Waals surface area (Å²) in [5.74, 6) is 2.43. The van der Waals surface area contributed by atoms with Crippen LogP contribution in [0.25, 0.3) is 0 Å². The van der Waals surface area contributed by atoms with Crippen LogP contribution >= 0.6 is 11.8 Å². The van der Waals surface area contributed by atoms with Gasteiger partial charge in [-0.1, -0.05) is 85.5 Å². The first kappa shape index (κ1) is 19.7. The molecule has 2 saturated carbocycles. The summed E-state index contributed by atoms with van der Waals surface area (Å²) in [6, 6.07) is 0. The molecule has 0 aromatic carbocycles. The maximum Gasteiger partial charge on any atom is 0.0109 e. The van der Waals surface area contributed by atoms with Crippen molar-refractivity contribution >= 4 is 11.8 Å². The van der Waals surface area contributed by atoms with Crippen molar-refractivity contribution in [1.82, 2.24) is 0 Å². The average Bonchev–Trinajstić information content (AvgIpc) is 2.86. The van der Waals surface area contributed by atoms with Gasteiger partial charge in [0.1, 0.15) is 0 Å². The van der Waals surface area contributed by atoms with E-state index in [1.807, 2.05) is 0 Å². The first-order chi connectivity index (χ1) is 11.0. The fourth-order valence-corrected chi connectivity index (χ4v) is 7.01. The molecule has 0 radical (unpaired) electrons. The number of thioether (sulfide) groups is 1. The molecule has 3 unspecified atom stereocenters. The molecule has 136 valence electrons. The molecule has 0 amide bonds. The third-order valence-electron chi connectivity index (χ3n) is 7.53. The Balaban J connectivity index is 1.46. The molecule has 0 N–H and O–H groups in total. The number of fused-ring (bicyclic) bond motifs is 2. The van der Waals surface area contributed by atoms with E-state index in [1.54, 1.807) is 0 Å². The minimum Gasteiger partial charge on any atom is -0.158 e. The Hall–Kier alpha value is 0.350. The Morgan fingerprint density at radius 3 is 1.87 bits per heavy atom. The molecule has 0 spiro atoms. The van der Waals surface area contributed by atoms with Crippen molar-refractivity contribution in [2.24, 2.45) is 16.7 Å². The maximum absolute atomic E-state index is 2.59. The van der Waals surface area contributed by atoms with Gasteiger partial charge in [0.25, 0.3) is 0 Å². The van der Waals surface area contributed by atoms with Gasteiger partial charge in [-0.15, -0.1) is 0 Å². The largest absolute Gasteiger partial charge is 0.158 e. The molecule has 0 nitrogen and oxygen atoms in total. The highest BCUT2D eigenvalue weighted by molar-refractivity contribution is 7.99. The summed E-state index contributed by atoms with van der Waals surface area (Å²) >= 11 is 2.33. The number of hydrogen-bond donors (Lipinski definition) is 0. The summed E-state index contributed by atoms with van der Waals surface area (Å²) in [6.45, 7) is 9.99. The van der Waals surface area contributed by atoms with Crippen molar-refractivity contribution < 1.29 is 0 Å². The normalized spacial score (nSPS) is 31.8. The van der Waals surface area contributed by atoms with Crippen molar-refractivity contribution in [1.29, 1.82) is 0 Å². The third-order valence-corrected chi connectivity index (χ3v) is 9.17. The summed E-state index contributed by atoms with van der Waals surface area (Å²) in [6.07, 6.45) is 19.1. The van der Waals surface area contributed by atoms with E-state index in [-0.39, 0.29) is 0 Å². The lowest BCUT2D eigenvalue weighted by Gasteiger charge is -2.39. The smallest absolute Gasteiger partial charge is 0.0109 e. The van der Waals surface area contributed by atoms with E-state index in [9.17, 15) is 0 Å². The van der Waals surface area contributed by atoms with Crippen LogP contribution in [0, 0.1) is 16.7 Å². The van der Waals surface area contributed by atoms with Crippen LogP contribution in [0.5, 0.6) is 0 Å². The van der Waals surface area contributed by atoms with E-state index in [4.69, 9.17) is 0 Å². The molecule has 2 rings (SSSR count). The van der Waals surface area contributed by atoms with Gasteiger partial charge in [0.15, 0.2) is 0 Å². The van der Waals surface area contributed by atoms with Crippen molar-refractivity contribution in [2.75, 3.05) is 5.75 Å². The van der Waals surface area contributed by atoms with E-state index in [0.717, 1.165) is 11.2 Å². The second-order valence-electron chi connectivity index (χ2n) is 9.15. The predicted molar refractivity (Wildman–Crippen MR) is 107 cm³/mol. The third kappa shape index (κ3) is 4.71. The molecule has 1 heteroatoms. The van der Waals surface area contributed by atoms with Crippen LogP contribution in [0.4, 0.5) is 0 Å². The minimum atomic E-state index is 0.600. The molecule has 2 aliphatic carbocycles.